The quantitative estimate of drug-likeness (QED) is 0.0959. The standard InChI is InChI=1S/C27H32F3N3O3.C27H35N3O3.C26H28ClN3O2/c1-17(2)36-22-8-6-19(16-20(22)27(28,29)30)25(35)32-12-10-26(11-13-32)23-9-7-21(24(34)18-4-5-18)33(23)15-14-31(26)3;1-18(2)33-23-9-7-21(17-19(23)3)26(32)29-13-11-27(12-14-29)24-10-8-22(25(31)20-5-6-20)30(24)16-15-28(27)4;1-28-17-18-30-23(11-12-24(30)27)26(28)13-15-29(16-14-26)25(31)21-7-9-22(10-8-21)32-19-20-5-3-2-4-6-20/h6-9,16-18H,4-5,10-15H2,1-3H3;7-10,17-18,20H,5-6,11-16H2,1-4H3;2-12H,13-19H2,1H3. The van der Waals surface area contributed by atoms with Crippen molar-refractivity contribution in [3.05, 3.63) is 194 Å². The van der Waals surface area contributed by atoms with Gasteiger partial charge in [-0.1, -0.05) is 41.9 Å². The molecule has 2 aliphatic carbocycles. The molecular weight excluding hydrogens is 1310 g/mol. The molecule has 536 valence electrons. The van der Waals surface area contributed by atoms with Crippen LogP contribution >= 0.6 is 11.6 Å². The molecule has 101 heavy (non-hydrogen) atoms. The third kappa shape index (κ3) is 14.4. The van der Waals surface area contributed by atoms with Crippen LogP contribution in [-0.2, 0) is 49.0 Å². The van der Waals surface area contributed by atoms with Crippen LogP contribution < -0.4 is 14.2 Å². The van der Waals surface area contributed by atoms with Crippen molar-refractivity contribution >= 4 is 40.9 Å². The lowest BCUT2D eigenvalue weighted by Gasteiger charge is -2.50. The Bertz CT molecular complexity index is 4190. The van der Waals surface area contributed by atoms with Gasteiger partial charge in [0.05, 0.1) is 45.8 Å². The molecular formula is C80H95ClF3N9O8. The first-order valence-corrected chi connectivity index (χ1v) is 36.5. The molecule has 6 aliphatic heterocycles. The average Bonchev–Trinajstić information content (AvgIpc) is 1.66. The van der Waals surface area contributed by atoms with Gasteiger partial charge in [0.1, 0.15) is 29.0 Å². The first-order chi connectivity index (χ1) is 48.4. The van der Waals surface area contributed by atoms with E-state index in [0.717, 1.165) is 160 Å². The van der Waals surface area contributed by atoms with Crippen molar-refractivity contribution in [2.45, 2.75) is 160 Å². The van der Waals surface area contributed by atoms with E-state index in [-0.39, 0.29) is 63.5 Å². The van der Waals surface area contributed by atoms with Gasteiger partial charge >= 0.3 is 6.18 Å². The third-order valence-corrected chi connectivity index (χ3v) is 22.9. The number of aryl methyl sites for hydroxylation is 1. The number of aromatic nitrogens is 3. The summed E-state index contributed by atoms with van der Waals surface area (Å²) in [5.41, 5.74) is 7.44. The van der Waals surface area contributed by atoms with Crippen molar-refractivity contribution in [3.8, 4) is 17.2 Å². The van der Waals surface area contributed by atoms with Crippen molar-refractivity contribution in [1.29, 1.82) is 0 Å². The van der Waals surface area contributed by atoms with E-state index in [1.807, 2.05) is 128 Å². The lowest BCUT2D eigenvalue weighted by molar-refractivity contribution is -0.139. The summed E-state index contributed by atoms with van der Waals surface area (Å²) in [6, 6.07) is 39.2. The number of carbonyl (C=O) groups excluding carboxylic acids is 5. The van der Waals surface area contributed by atoms with Gasteiger partial charge in [0.2, 0.25) is 0 Å². The number of ether oxygens (including phenoxy) is 3. The fraction of sp³-hybridized carbons (Fsp3) is 0.487. The molecule has 15 rings (SSSR count). The summed E-state index contributed by atoms with van der Waals surface area (Å²) in [6.07, 6.45) is 3.93. The number of piperidine rings is 3. The number of benzene rings is 4. The Morgan fingerprint density at radius 2 is 0.871 bits per heavy atom. The maximum Gasteiger partial charge on any atom is 0.419 e. The number of ketones is 2. The molecule has 2 saturated carbocycles. The largest absolute Gasteiger partial charge is 0.491 e. The van der Waals surface area contributed by atoms with E-state index in [0.29, 0.717) is 57.0 Å². The molecule has 5 fully saturated rings. The van der Waals surface area contributed by atoms with E-state index in [1.165, 1.54) is 23.5 Å². The normalized spacial score (nSPS) is 19.4. The Kier molecular flexibility index (Phi) is 20.4. The van der Waals surface area contributed by atoms with E-state index >= 15 is 0 Å². The van der Waals surface area contributed by atoms with Crippen LogP contribution in [0.25, 0.3) is 0 Å². The second-order valence-electron chi connectivity index (χ2n) is 29.5. The highest BCUT2D eigenvalue weighted by molar-refractivity contribution is 6.29. The molecule has 17 nitrogen and oxygen atoms in total. The molecule has 3 aromatic heterocycles. The minimum absolute atomic E-state index is 0.00655. The predicted molar refractivity (Wildman–Crippen MR) is 382 cm³/mol. The summed E-state index contributed by atoms with van der Waals surface area (Å²) in [5, 5.41) is 0.806. The van der Waals surface area contributed by atoms with Gasteiger partial charge in [-0.15, -0.1) is 0 Å². The second-order valence-corrected chi connectivity index (χ2v) is 29.9. The summed E-state index contributed by atoms with van der Waals surface area (Å²) in [7, 11) is 6.45. The first kappa shape index (κ1) is 71.2. The number of hydrogen-bond acceptors (Lipinski definition) is 11. The maximum absolute atomic E-state index is 13.7. The molecule has 8 aliphatic rings. The van der Waals surface area contributed by atoms with Gasteiger partial charge in [-0.25, -0.2) is 0 Å². The van der Waals surface area contributed by atoms with Gasteiger partial charge in [-0.05, 0) is 228 Å². The van der Waals surface area contributed by atoms with E-state index in [4.69, 9.17) is 25.8 Å². The third-order valence-electron chi connectivity index (χ3n) is 22.6. The SMILES string of the molecule is CC(C)Oc1ccc(C(=O)N2CCC3(CC2)c2ccc(C(=O)C4CC4)n2CCN3C)cc1C(F)(F)F.CN1CCn2c(Cl)ccc2C12CCN(C(=O)c1ccc(OCc3ccccc3)cc1)CC2.Cc1cc(C(=O)N2CCC3(CC2)c2ccc(C(=O)C4CC4)n2CCN3C)ccc1OC(C)C. The highest BCUT2D eigenvalue weighted by Gasteiger charge is 2.50. The Labute approximate surface area is 596 Å². The van der Waals surface area contributed by atoms with Crippen molar-refractivity contribution in [3.63, 3.8) is 0 Å². The summed E-state index contributed by atoms with van der Waals surface area (Å²) < 4.78 is 64.7. The van der Waals surface area contributed by atoms with Crippen molar-refractivity contribution in [2.24, 2.45) is 11.8 Å². The summed E-state index contributed by atoms with van der Waals surface area (Å²) in [6.45, 7) is 18.8. The summed E-state index contributed by atoms with van der Waals surface area (Å²) >= 11 is 6.41. The fourth-order valence-corrected chi connectivity index (χ4v) is 16.6. The molecule has 3 spiro atoms. The molecule has 0 unspecified atom stereocenters. The van der Waals surface area contributed by atoms with E-state index in [2.05, 4.69) is 61.7 Å². The molecule has 0 N–H and O–H groups in total. The number of likely N-dealkylation sites (tertiary alicyclic amines) is 3. The molecule has 0 bridgehead atoms. The Morgan fingerprint density at radius 1 is 0.475 bits per heavy atom. The first-order valence-electron chi connectivity index (χ1n) is 36.2. The molecule has 21 heteroatoms. The van der Waals surface area contributed by atoms with E-state index in [9.17, 15) is 37.1 Å². The van der Waals surface area contributed by atoms with Crippen molar-refractivity contribution in [1.82, 2.24) is 43.1 Å². The molecule has 3 amide bonds. The zero-order chi connectivity index (χ0) is 71.3. The molecule has 9 heterocycles. The highest BCUT2D eigenvalue weighted by Crippen LogP contribution is 2.47. The van der Waals surface area contributed by atoms with Crippen LogP contribution in [0.4, 0.5) is 13.2 Å². The van der Waals surface area contributed by atoms with Crippen LogP contribution in [-0.4, -0.2) is 165 Å². The van der Waals surface area contributed by atoms with Gasteiger partial charge in [0.15, 0.2) is 11.6 Å². The van der Waals surface area contributed by atoms with Crippen LogP contribution in [0, 0.1) is 18.8 Å². The number of alkyl halides is 3. The zero-order valence-corrected chi connectivity index (χ0v) is 60.3. The number of fused-ring (bicyclic) bond motifs is 6. The number of Topliss-reactive ketones (excluding diaryl/α,β-unsaturated/α-hetero) is 2. The lowest BCUT2D eigenvalue weighted by atomic mass is 9.81. The summed E-state index contributed by atoms with van der Waals surface area (Å²) in [5.74, 6) is 2.01. The number of rotatable bonds is 14. The second kappa shape index (κ2) is 28.9. The fourth-order valence-electron chi connectivity index (χ4n) is 16.4. The van der Waals surface area contributed by atoms with Crippen LogP contribution in [0.1, 0.15) is 178 Å². The minimum atomic E-state index is -4.63. The summed E-state index contributed by atoms with van der Waals surface area (Å²) in [4.78, 5) is 78.0. The van der Waals surface area contributed by atoms with E-state index in [1.54, 1.807) is 18.7 Å². The predicted octanol–water partition coefficient (Wildman–Crippen LogP) is 14.0. The molecule has 0 radical (unpaired) electrons. The number of halogens is 4. The van der Waals surface area contributed by atoms with Gasteiger partial charge < -0.3 is 42.6 Å². The number of likely N-dealkylation sites (N-methyl/N-ethyl adjacent to an activating group) is 3. The van der Waals surface area contributed by atoms with Crippen LogP contribution in [0.5, 0.6) is 17.2 Å². The topological polar surface area (TPSA) is 147 Å². The molecule has 0 atom stereocenters. The number of nitrogens with zero attached hydrogens (tertiary/aromatic N) is 9. The number of amides is 3. The molecule has 4 aromatic carbocycles. The highest BCUT2D eigenvalue weighted by atomic mass is 35.5. The van der Waals surface area contributed by atoms with Crippen LogP contribution in [0.15, 0.2) is 127 Å². The Hall–Kier alpha value is -8.17. The lowest BCUT2D eigenvalue weighted by Crippen LogP contribution is -2.56. The number of hydrogen-bond donors (Lipinski definition) is 0. The minimum Gasteiger partial charge on any atom is -0.491 e. The Balaban J connectivity index is 0.000000136. The molecule has 3 saturated heterocycles. The molecule has 7 aromatic rings. The Morgan fingerprint density at radius 3 is 1.31 bits per heavy atom. The zero-order valence-electron chi connectivity index (χ0n) is 59.5. The van der Waals surface area contributed by atoms with Gasteiger partial charge in [0, 0.05) is 124 Å². The van der Waals surface area contributed by atoms with E-state index < -0.39 is 23.8 Å². The van der Waals surface area contributed by atoms with Crippen LogP contribution in [0.3, 0.4) is 0 Å². The monoisotopic (exact) mass is 1400 g/mol. The smallest absolute Gasteiger partial charge is 0.419 e. The van der Waals surface area contributed by atoms with Crippen molar-refractivity contribution < 1.29 is 51.4 Å². The number of carbonyl (C=O) groups is 5. The van der Waals surface area contributed by atoms with Gasteiger partial charge in [-0.2, -0.15) is 13.2 Å². The van der Waals surface area contributed by atoms with Gasteiger partial charge in [-0.3, -0.25) is 38.7 Å². The average molecular weight is 1400 g/mol. The van der Waals surface area contributed by atoms with Gasteiger partial charge in [0.25, 0.3) is 17.7 Å². The maximum atomic E-state index is 13.7. The van der Waals surface area contributed by atoms with Crippen molar-refractivity contribution in [2.75, 3.05) is 80.0 Å². The van der Waals surface area contributed by atoms with Crippen LogP contribution in [0.2, 0.25) is 5.15 Å².